The van der Waals surface area contributed by atoms with E-state index in [0.717, 1.165) is 103 Å². The number of allylic oxidation sites excluding steroid dienone is 18. The number of aliphatic hydroxyl groups is 5. The number of carbonyl (C=O) groups excluding carboxylic acids is 1. The first kappa shape index (κ1) is 59.9. The molecule has 1 heterocycles. The maximum atomic E-state index is 12.8. The molecule has 1 rings (SSSR count). The van der Waals surface area contributed by atoms with E-state index in [2.05, 4.69) is 129 Å². The first-order chi connectivity index (χ1) is 31.8. The molecular formula is C56H93NO8. The minimum atomic E-state index is -1.55. The van der Waals surface area contributed by atoms with Crippen LogP contribution in [0.1, 0.15) is 181 Å². The molecule has 0 saturated carbocycles. The van der Waals surface area contributed by atoms with Gasteiger partial charge >= 0.3 is 0 Å². The zero-order valence-electron chi connectivity index (χ0n) is 40.7. The second-order valence-corrected chi connectivity index (χ2v) is 17.2. The summed E-state index contributed by atoms with van der Waals surface area (Å²) in [5, 5.41) is 53.6. The van der Waals surface area contributed by atoms with E-state index in [1.165, 1.54) is 51.4 Å². The molecule has 0 radical (unpaired) electrons. The van der Waals surface area contributed by atoms with Crippen molar-refractivity contribution >= 4 is 5.91 Å². The summed E-state index contributed by atoms with van der Waals surface area (Å²) >= 11 is 0. The Bertz CT molecular complexity index is 1380. The van der Waals surface area contributed by atoms with Crippen molar-refractivity contribution in [2.75, 3.05) is 13.2 Å². The minimum Gasteiger partial charge on any atom is -0.394 e. The molecule has 0 aromatic rings. The summed E-state index contributed by atoms with van der Waals surface area (Å²) in [6, 6.07) is -0.722. The first-order valence-electron chi connectivity index (χ1n) is 25.6. The van der Waals surface area contributed by atoms with E-state index in [0.29, 0.717) is 12.8 Å². The summed E-state index contributed by atoms with van der Waals surface area (Å²) in [5.74, 6) is -0.165. The fourth-order valence-electron chi connectivity index (χ4n) is 7.33. The molecule has 1 saturated heterocycles. The van der Waals surface area contributed by atoms with Crippen LogP contribution >= 0.6 is 0 Å². The van der Waals surface area contributed by atoms with Crippen LogP contribution in [0.25, 0.3) is 0 Å². The average molecular weight is 908 g/mol. The molecule has 1 aliphatic heterocycles. The lowest BCUT2D eigenvalue weighted by atomic mass is 9.99. The summed E-state index contributed by atoms with van der Waals surface area (Å²) in [7, 11) is 0. The quantitative estimate of drug-likeness (QED) is 0.0262. The van der Waals surface area contributed by atoms with Crippen molar-refractivity contribution in [2.24, 2.45) is 0 Å². The van der Waals surface area contributed by atoms with Gasteiger partial charge in [-0.25, -0.2) is 0 Å². The van der Waals surface area contributed by atoms with Gasteiger partial charge in [-0.05, 0) is 83.5 Å². The molecule has 0 spiro atoms. The predicted molar refractivity (Wildman–Crippen MR) is 271 cm³/mol. The topological polar surface area (TPSA) is 149 Å². The Kier molecular flexibility index (Phi) is 41.1. The number of hydrogen-bond donors (Lipinski definition) is 6. The molecule has 1 amide bonds. The van der Waals surface area contributed by atoms with Crippen LogP contribution in [0, 0.1) is 0 Å². The number of amides is 1. The van der Waals surface area contributed by atoms with Crippen molar-refractivity contribution < 1.29 is 39.8 Å². The average Bonchev–Trinajstić information content (AvgIpc) is 3.30. The highest BCUT2D eigenvalue weighted by molar-refractivity contribution is 5.76. The van der Waals surface area contributed by atoms with E-state index in [-0.39, 0.29) is 12.5 Å². The van der Waals surface area contributed by atoms with Crippen molar-refractivity contribution in [3.8, 4) is 0 Å². The van der Waals surface area contributed by atoms with Crippen molar-refractivity contribution in [1.82, 2.24) is 5.32 Å². The van der Waals surface area contributed by atoms with Gasteiger partial charge in [0, 0.05) is 6.42 Å². The van der Waals surface area contributed by atoms with E-state index >= 15 is 0 Å². The second-order valence-electron chi connectivity index (χ2n) is 17.2. The Balaban J connectivity index is 2.01. The normalized spacial score (nSPS) is 20.9. The third kappa shape index (κ3) is 34.8. The van der Waals surface area contributed by atoms with Crippen LogP contribution in [-0.4, -0.2) is 87.5 Å². The Labute approximate surface area is 396 Å². The highest BCUT2D eigenvalue weighted by atomic mass is 16.7. The number of ether oxygens (including phenoxy) is 2. The molecule has 7 unspecified atom stereocenters. The first-order valence-corrected chi connectivity index (χ1v) is 25.6. The molecule has 370 valence electrons. The monoisotopic (exact) mass is 908 g/mol. The number of carbonyl (C=O) groups is 1. The van der Waals surface area contributed by atoms with Gasteiger partial charge in [-0.3, -0.25) is 4.79 Å². The zero-order chi connectivity index (χ0) is 47.3. The molecule has 0 bridgehead atoms. The predicted octanol–water partition coefficient (Wildman–Crippen LogP) is 11.8. The summed E-state index contributed by atoms with van der Waals surface area (Å²) < 4.78 is 11.1. The van der Waals surface area contributed by atoms with E-state index in [1.54, 1.807) is 0 Å². The van der Waals surface area contributed by atoms with Crippen molar-refractivity contribution in [2.45, 2.75) is 224 Å². The van der Waals surface area contributed by atoms with E-state index < -0.39 is 49.5 Å². The molecule has 1 fully saturated rings. The van der Waals surface area contributed by atoms with Crippen molar-refractivity contribution in [1.29, 1.82) is 0 Å². The Morgan fingerprint density at radius 1 is 0.538 bits per heavy atom. The number of rotatable bonds is 41. The maximum Gasteiger partial charge on any atom is 0.220 e. The van der Waals surface area contributed by atoms with Crippen LogP contribution in [0.3, 0.4) is 0 Å². The molecule has 0 aliphatic carbocycles. The summed E-state index contributed by atoms with van der Waals surface area (Å²) in [6.07, 6.45) is 59.3. The van der Waals surface area contributed by atoms with Gasteiger partial charge in [0.15, 0.2) is 6.29 Å². The lowest BCUT2D eigenvalue weighted by Crippen LogP contribution is -2.60. The third-order valence-electron chi connectivity index (χ3n) is 11.4. The Morgan fingerprint density at radius 2 is 0.954 bits per heavy atom. The molecule has 0 aromatic heterocycles. The summed E-state index contributed by atoms with van der Waals surface area (Å²) in [4.78, 5) is 12.8. The molecule has 0 aromatic carbocycles. The third-order valence-corrected chi connectivity index (χ3v) is 11.4. The van der Waals surface area contributed by atoms with Crippen LogP contribution in [0.4, 0.5) is 0 Å². The van der Waals surface area contributed by atoms with E-state index in [9.17, 15) is 30.3 Å². The highest BCUT2D eigenvalue weighted by Gasteiger charge is 2.44. The number of unbranched alkanes of at least 4 members (excludes halogenated alkanes) is 13. The Morgan fingerprint density at radius 3 is 1.38 bits per heavy atom. The van der Waals surface area contributed by atoms with Gasteiger partial charge in [0.05, 0.1) is 25.4 Å². The van der Waals surface area contributed by atoms with Gasteiger partial charge in [0.25, 0.3) is 0 Å². The molecular weight excluding hydrogens is 815 g/mol. The molecule has 9 heteroatoms. The zero-order valence-corrected chi connectivity index (χ0v) is 40.7. The smallest absolute Gasteiger partial charge is 0.220 e. The van der Waals surface area contributed by atoms with Crippen LogP contribution in [0.15, 0.2) is 109 Å². The van der Waals surface area contributed by atoms with Gasteiger partial charge in [0.1, 0.15) is 24.4 Å². The number of nitrogens with one attached hydrogen (secondary N) is 1. The van der Waals surface area contributed by atoms with Gasteiger partial charge in [-0.2, -0.15) is 0 Å². The lowest BCUT2D eigenvalue weighted by molar-refractivity contribution is -0.302. The molecule has 7 atom stereocenters. The number of hydrogen-bond acceptors (Lipinski definition) is 8. The van der Waals surface area contributed by atoms with Gasteiger partial charge in [0.2, 0.25) is 5.91 Å². The van der Waals surface area contributed by atoms with Gasteiger partial charge in [-0.1, -0.05) is 200 Å². The molecule has 1 aliphatic rings. The van der Waals surface area contributed by atoms with Crippen LogP contribution < -0.4 is 5.32 Å². The van der Waals surface area contributed by atoms with Crippen molar-refractivity contribution in [3.63, 3.8) is 0 Å². The fraction of sp³-hybridized carbons (Fsp3) is 0.661. The standard InChI is InChI=1S/C56H93NO8/c1-3-5-7-8-9-10-11-12-13-14-15-16-17-18-19-20-21-22-23-24-25-26-27-28-29-30-31-32-33-34-35-36-37-38-39-40-41-42-44-46-52(60)57-49(50(59)45-43-6-4-2)48-64-56-55(63)54(62)53(61)51(47-58)65-56/h5,7,9-10,12-13,15-16,18-19,21-22,24-25,27-28,30-31,49-51,53-56,58-59,61-63H,3-4,6,8,11,14,17,20,23,26,29,32-48H2,1-2H3,(H,57,60)/b7-5-,10-9-,13-12-,16-15-,19-18-,22-21-,25-24-,28-27-,31-30-. The molecule has 65 heavy (non-hydrogen) atoms. The van der Waals surface area contributed by atoms with Crippen LogP contribution in [0.5, 0.6) is 0 Å². The fourth-order valence-corrected chi connectivity index (χ4v) is 7.33. The second kappa shape index (κ2) is 44.7. The Hall–Kier alpha value is -3.15. The number of aliphatic hydroxyl groups excluding tert-OH is 5. The van der Waals surface area contributed by atoms with Crippen molar-refractivity contribution in [3.05, 3.63) is 109 Å². The van der Waals surface area contributed by atoms with Gasteiger partial charge < -0.3 is 40.3 Å². The maximum absolute atomic E-state index is 12.8. The summed E-state index contributed by atoms with van der Waals surface area (Å²) in [5.41, 5.74) is 0. The molecule has 9 nitrogen and oxygen atoms in total. The molecule has 6 N–H and O–H groups in total. The van der Waals surface area contributed by atoms with Gasteiger partial charge in [-0.15, -0.1) is 0 Å². The van der Waals surface area contributed by atoms with Crippen LogP contribution in [-0.2, 0) is 14.3 Å². The highest BCUT2D eigenvalue weighted by Crippen LogP contribution is 2.23. The SMILES string of the molecule is CC/C=C\C/C=C\C/C=C\C/C=C\C/C=C\C/C=C\C/C=C\C/C=C\C/C=C\CCCCCCCCCCCCCC(=O)NC(COC1OC(CO)C(O)C(O)C1O)C(O)CCCCC. The van der Waals surface area contributed by atoms with E-state index in [4.69, 9.17) is 9.47 Å². The van der Waals surface area contributed by atoms with E-state index in [1.807, 2.05) is 0 Å². The largest absolute Gasteiger partial charge is 0.394 e. The minimum absolute atomic E-state index is 0.149. The summed E-state index contributed by atoms with van der Waals surface area (Å²) in [6.45, 7) is 3.53. The lowest BCUT2D eigenvalue weighted by Gasteiger charge is -2.40. The van der Waals surface area contributed by atoms with Crippen LogP contribution in [0.2, 0.25) is 0 Å².